The molecule has 14 rings (SSSR count). The lowest BCUT2D eigenvalue weighted by atomic mass is 9.91. The van der Waals surface area contributed by atoms with Crippen LogP contribution in [0.15, 0.2) is 279 Å². The maximum atomic E-state index is 2.45. The molecule has 2 heterocycles. The molecule has 14 aromatic rings. The molecule has 0 amide bonds. The van der Waals surface area contributed by atoms with Gasteiger partial charge in [-0.1, -0.05) is 206 Å². The van der Waals surface area contributed by atoms with Crippen LogP contribution in [0.2, 0.25) is 0 Å². The van der Waals surface area contributed by atoms with E-state index in [9.17, 15) is 0 Å². The van der Waals surface area contributed by atoms with Gasteiger partial charge in [-0.05, 0) is 134 Å². The Labute approximate surface area is 428 Å². The first-order valence-electron chi connectivity index (χ1n) is 25.0. The van der Waals surface area contributed by atoms with Crippen molar-refractivity contribution in [3.05, 3.63) is 279 Å². The van der Waals surface area contributed by atoms with Crippen molar-refractivity contribution >= 4 is 81.1 Å². The van der Waals surface area contributed by atoms with Crippen LogP contribution in [0.25, 0.3) is 114 Å². The minimum atomic E-state index is 1.08. The van der Waals surface area contributed by atoms with Crippen molar-refractivity contribution in [3.8, 4) is 61.3 Å². The predicted molar refractivity (Wildman–Crippen MR) is 313 cm³/mol. The molecule has 0 N–H and O–H groups in total. The molecule has 0 aliphatic carbocycles. The van der Waals surface area contributed by atoms with Crippen LogP contribution in [-0.4, -0.2) is 4.57 Å². The molecule has 2 aromatic heterocycles. The fraction of sp³-hybridized carbons (Fsp3) is 0. The number of rotatable bonds is 9. The van der Waals surface area contributed by atoms with Gasteiger partial charge >= 0.3 is 0 Å². The van der Waals surface area contributed by atoms with Crippen molar-refractivity contribution in [2.24, 2.45) is 0 Å². The monoisotopic (exact) mass is 946 g/mol. The minimum Gasteiger partial charge on any atom is -0.311 e. The van der Waals surface area contributed by atoms with Crippen LogP contribution in [0.1, 0.15) is 0 Å². The number of benzene rings is 12. The summed E-state index contributed by atoms with van der Waals surface area (Å²) in [5.41, 5.74) is 18.8. The fourth-order valence-corrected chi connectivity index (χ4v) is 12.2. The number of thiophene rings is 1. The first-order valence-corrected chi connectivity index (χ1v) is 25.8. The van der Waals surface area contributed by atoms with Gasteiger partial charge in [-0.3, -0.25) is 0 Å². The Balaban J connectivity index is 0.854. The summed E-state index contributed by atoms with van der Waals surface area (Å²) in [5, 5.41) is 7.63. The van der Waals surface area contributed by atoms with E-state index >= 15 is 0 Å². The molecular formula is C70H46N2S. The van der Waals surface area contributed by atoms with Gasteiger partial charge in [0, 0.05) is 59.1 Å². The molecule has 0 unspecified atom stereocenters. The summed E-state index contributed by atoms with van der Waals surface area (Å²) < 4.78 is 5.08. The normalized spacial score (nSPS) is 11.6. The molecule has 2 nitrogen and oxygen atoms in total. The molecule has 0 aliphatic heterocycles. The Morgan fingerprint density at radius 2 is 0.740 bits per heavy atom. The molecule has 342 valence electrons. The van der Waals surface area contributed by atoms with Crippen molar-refractivity contribution in [3.63, 3.8) is 0 Å². The molecule has 0 fully saturated rings. The molecule has 0 saturated heterocycles. The molecular weight excluding hydrogens is 901 g/mol. The highest BCUT2D eigenvalue weighted by atomic mass is 32.1. The Bertz CT molecular complexity index is 4330. The van der Waals surface area contributed by atoms with Gasteiger partial charge in [0.05, 0.1) is 11.0 Å². The number of hydrogen-bond acceptors (Lipinski definition) is 2. The maximum absolute atomic E-state index is 2.45. The second-order valence-electron chi connectivity index (χ2n) is 18.9. The third-order valence-corrected chi connectivity index (χ3v) is 15.7. The summed E-state index contributed by atoms with van der Waals surface area (Å²) in [7, 11) is 0. The van der Waals surface area contributed by atoms with E-state index in [1.807, 2.05) is 11.3 Å². The molecule has 12 aromatic carbocycles. The standard InChI is InChI=1S/C70H46N2S/c1-4-14-50(15-5-1)60-40-31-53(44-66(60)51-16-6-2-7-17-51)47-24-34-57(35-25-47)71(59-38-28-49(29-39-59)55-33-42-64-63-22-12-13-23-68(63)73-69(64)46-55)58-36-26-48(27-37-58)54-32-41-62-65-43-30-52-18-10-11-21-61(52)70(65)72(67(62)45-54)56-19-8-3-9-20-56/h1-46H. The second kappa shape index (κ2) is 17.8. The minimum absolute atomic E-state index is 1.08. The van der Waals surface area contributed by atoms with Gasteiger partial charge in [-0.15, -0.1) is 11.3 Å². The second-order valence-corrected chi connectivity index (χ2v) is 19.9. The number of aromatic nitrogens is 1. The summed E-state index contributed by atoms with van der Waals surface area (Å²) in [5.74, 6) is 0. The molecule has 0 bridgehead atoms. The highest BCUT2D eigenvalue weighted by molar-refractivity contribution is 7.25. The van der Waals surface area contributed by atoms with Gasteiger partial charge in [-0.25, -0.2) is 0 Å². The number of nitrogens with zero attached hydrogens (tertiary/aromatic N) is 2. The smallest absolute Gasteiger partial charge is 0.0619 e. The summed E-state index contributed by atoms with van der Waals surface area (Å²) in [6.45, 7) is 0. The van der Waals surface area contributed by atoms with Gasteiger partial charge in [0.1, 0.15) is 0 Å². The molecule has 0 saturated carbocycles. The van der Waals surface area contributed by atoms with Crippen LogP contribution in [0.5, 0.6) is 0 Å². The summed E-state index contributed by atoms with van der Waals surface area (Å²) >= 11 is 1.86. The Morgan fingerprint density at radius 3 is 1.38 bits per heavy atom. The van der Waals surface area contributed by atoms with Crippen molar-refractivity contribution in [2.75, 3.05) is 4.90 Å². The number of fused-ring (bicyclic) bond motifs is 8. The average molecular weight is 947 g/mol. The highest BCUT2D eigenvalue weighted by Crippen LogP contribution is 2.43. The maximum Gasteiger partial charge on any atom is 0.0619 e. The molecule has 0 aliphatic rings. The first-order chi connectivity index (χ1) is 36.2. The number of hydrogen-bond donors (Lipinski definition) is 0. The van der Waals surface area contributed by atoms with E-state index in [1.54, 1.807) is 0 Å². The van der Waals surface area contributed by atoms with Crippen molar-refractivity contribution < 1.29 is 0 Å². The van der Waals surface area contributed by atoms with Gasteiger partial charge in [0.25, 0.3) is 0 Å². The fourth-order valence-electron chi connectivity index (χ4n) is 11.0. The lowest BCUT2D eigenvalue weighted by molar-refractivity contribution is 1.19. The zero-order valence-electron chi connectivity index (χ0n) is 39.9. The highest BCUT2D eigenvalue weighted by Gasteiger charge is 2.19. The third-order valence-electron chi connectivity index (χ3n) is 14.6. The topological polar surface area (TPSA) is 8.17 Å². The average Bonchev–Trinajstić information content (AvgIpc) is 4.02. The van der Waals surface area contributed by atoms with E-state index in [-0.39, 0.29) is 0 Å². The molecule has 0 atom stereocenters. The van der Waals surface area contributed by atoms with Gasteiger partial charge in [0.2, 0.25) is 0 Å². The van der Waals surface area contributed by atoms with Crippen molar-refractivity contribution in [1.82, 2.24) is 4.57 Å². The first kappa shape index (κ1) is 42.6. The van der Waals surface area contributed by atoms with Crippen LogP contribution < -0.4 is 4.90 Å². The Kier molecular flexibility index (Phi) is 10.4. The Hall–Kier alpha value is -9.28. The van der Waals surface area contributed by atoms with E-state index in [4.69, 9.17) is 0 Å². The zero-order valence-corrected chi connectivity index (χ0v) is 40.7. The van der Waals surface area contributed by atoms with Crippen LogP contribution in [0.4, 0.5) is 17.1 Å². The van der Waals surface area contributed by atoms with Crippen LogP contribution >= 0.6 is 11.3 Å². The quantitative estimate of drug-likeness (QED) is 0.140. The van der Waals surface area contributed by atoms with E-state index in [1.165, 1.54) is 103 Å². The Morgan fingerprint density at radius 1 is 0.274 bits per heavy atom. The van der Waals surface area contributed by atoms with Crippen molar-refractivity contribution in [1.29, 1.82) is 0 Å². The SMILES string of the molecule is c1ccc(-c2ccc(-c3ccc(N(c4ccc(-c5ccc6c(c5)sc5ccccc56)cc4)c4ccc(-c5ccc6c7ccc8ccccc8c7n(-c7ccccc7)c6c5)cc4)cc3)cc2-c2ccccc2)cc1. The molecule has 73 heavy (non-hydrogen) atoms. The summed E-state index contributed by atoms with van der Waals surface area (Å²) in [6, 6.07) is 102. The van der Waals surface area contributed by atoms with Gasteiger partial charge in [-0.2, -0.15) is 0 Å². The molecule has 0 spiro atoms. The van der Waals surface area contributed by atoms with Crippen LogP contribution in [0, 0.1) is 0 Å². The largest absolute Gasteiger partial charge is 0.311 e. The van der Waals surface area contributed by atoms with E-state index in [0.717, 1.165) is 28.3 Å². The van der Waals surface area contributed by atoms with Crippen LogP contribution in [-0.2, 0) is 0 Å². The van der Waals surface area contributed by atoms with Gasteiger partial charge < -0.3 is 9.47 Å². The lowest BCUT2D eigenvalue weighted by Crippen LogP contribution is -2.09. The molecule has 3 heteroatoms. The van der Waals surface area contributed by atoms with E-state index in [0.29, 0.717) is 0 Å². The van der Waals surface area contributed by atoms with Crippen molar-refractivity contribution in [2.45, 2.75) is 0 Å². The number of para-hydroxylation sites is 1. The third kappa shape index (κ3) is 7.58. The zero-order chi connectivity index (χ0) is 48.2. The molecule has 0 radical (unpaired) electrons. The summed E-state index contributed by atoms with van der Waals surface area (Å²) in [4.78, 5) is 2.38. The lowest BCUT2D eigenvalue weighted by Gasteiger charge is -2.26. The van der Waals surface area contributed by atoms with Crippen LogP contribution in [0.3, 0.4) is 0 Å². The van der Waals surface area contributed by atoms with E-state index < -0.39 is 0 Å². The summed E-state index contributed by atoms with van der Waals surface area (Å²) in [6.07, 6.45) is 0. The van der Waals surface area contributed by atoms with Gasteiger partial charge in [0.15, 0.2) is 0 Å². The van der Waals surface area contributed by atoms with E-state index in [2.05, 4.69) is 289 Å². The number of anilines is 3. The predicted octanol–water partition coefficient (Wildman–Crippen LogP) is 20.1.